The van der Waals surface area contributed by atoms with Crippen LogP contribution in [0.3, 0.4) is 0 Å². The van der Waals surface area contributed by atoms with E-state index in [2.05, 4.69) is 34.3 Å². The van der Waals surface area contributed by atoms with Crippen molar-refractivity contribution < 1.29 is 24.3 Å². The van der Waals surface area contributed by atoms with Gasteiger partial charge in [-0.15, -0.1) is 5.06 Å². The van der Waals surface area contributed by atoms with E-state index in [1.807, 2.05) is 32.8 Å². The van der Waals surface area contributed by atoms with Gasteiger partial charge in [-0.2, -0.15) is 5.06 Å². The van der Waals surface area contributed by atoms with E-state index in [0.29, 0.717) is 25.7 Å². The fourth-order valence-electron chi connectivity index (χ4n) is 5.18. The average molecular weight is 399 g/mol. The molecule has 2 saturated heterocycles. The van der Waals surface area contributed by atoms with Crippen LogP contribution in [-0.4, -0.2) is 55.9 Å². The van der Waals surface area contributed by atoms with Crippen molar-refractivity contribution in [1.82, 2.24) is 10.1 Å². The summed E-state index contributed by atoms with van der Waals surface area (Å²) < 4.78 is 11.4. The van der Waals surface area contributed by atoms with Crippen molar-refractivity contribution in [3.8, 4) is 0 Å². The molecule has 0 radical (unpaired) electrons. The second-order valence-electron chi connectivity index (χ2n) is 10.7. The Kier molecular flexibility index (Phi) is 6.16. The number of hydroxylamine groups is 4. The Hall–Kier alpha value is -1.31. The van der Waals surface area contributed by atoms with Crippen LogP contribution in [0, 0.1) is 0 Å². The molecule has 0 spiro atoms. The lowest BCUT2D eigenvalue weighted by atomic mass is 9.80. The number of carbonyl (C=O) groups is 1. The summed E-state index contributed by atoms with van der Waals surface area (Å²) in [5.74, 6) is 0. The van der Waals surface area contributed by atoms with Crippen molar-refractivity contribution >= 4 is 6.16 Å². The maximum atomic E-state index is 12.5. The zero-order chi connectivity index (χ0) is 21.5. The predicted molar refractivity (Wildman–Crippen MR) is 107 cm³/mol. The Bertz CT molecular complexity index is 564. The first kappa shape index (κ1) is 23.0. The van der Waals surface area contributed by atoms with Gasteiger partial charge in [0.05, 0.1) is 11.1 Å². The summed E-state index contributed by atoms with van der Waals surface area (Å²) in [6.45, 7) is 19.6. The first-order valence-corrected chi connectivity index (χ1v) is 10.1. The van der Waals surface area contributed by atoms with Gasteiger partial charge >= 0.3 is 6.16 Å². The lowest BCUT2D eigenvalue weighted by Crippen LogP contribution is -2.62. The summed E-state index contributed by atoms with van der Waals surface area (Å²) >= 11 is 0. The van der Waals surface area contributed by atoms with E-state index in [1.165, 1.54) is 11.3 Å². The monoisotopic (exact) mass is 398 g/mol. The van der Waals surface area contributed by atoms with Crippen molar-refractivity contribution in [2.45, 2.75) is 115 Å². The third-order valence-corrected chi connectivity index (χ3v) is 5.86. The molecule has 0 aromatic carbocycles. The molecule has 7 heteroatoms. The van der Waals surface area contributed by atoms with Gasteiger partial charge in [-0.3, -0.25) is 0 Å². The highest BCUT2D eigenvalue weighted by molar-refractivity contribution is 5.60. The fraction of sp³-hybridized carbons (Fsp3) is 0.857. The van der Waals surface area contributed by atoms with Crippen molar-refractivity contribution in [3.63, 3.8) is 0 Å². The normalized spacial score (nSPS) is 27.8. The lowest BCUT2D eigenvalue weighted by molar-refractivity contribution is -0.265. The minimum Gasteiger partial charge on any atom is -0.431 e. The van der Waals surface area contributed by atoms with E-state index < -0.39 is 17.2 Å². The molecule has 2 fully saturated rings. The largest absolute Gasteiger partial charge is 0.508 e. The van der Waals surface area contributed by atoms with Crippen molar-refractivity contribution in [1.29, 1.82) is 0 Å². The molecule has 7 nitrogen and oxygen atoms in total. The molecule has 0 aliphatic carbocycles. The van der Waals surface area contributed by atoms with Crippen LogP contribution in [0.25, 0.3) is 0 Å². The summed E-state index contributed by atoms with van der Waals surface area (Å²) in [5.41, 5.74) is -1.62. The molecular formula is C21H38N2O5. The molecule has 0 atom stereocenters. The van der Waals surface area contributed by atoms with Crippen molar-refractivity contribution in [3.05, 3.63) is 12.8 Å². The zero-order valence-electron chi connectivity index (χ0n) is 18.7. The topological polar surface area (TPSA) is 71.5 Å². The average Bonchev–Trinajstić information content (AvgIpc) is 2.46. The third kappa shape index (κ3) is 4.81. The number of hydrogen-bond acceptors (Lipinski definition) is 7. The summed E-state index contributed by atoms with van der Waals surface area (Å²) in [5, 5.41) is 13.7. The molecular weight excluding hydrogens is 360 g/mol. The Balaban J connectivity index is 2.01. The minimum atomic E-state index is -0.641. The lowest BCUT2D eigenvalue weighted by Gasteiger charge is -2.52. The Morgan fingerprint density at radius 2 is 1.21 bits per heavy atom. The molecule has 162 valence electrons. The molecule has 0 aromatic heterocycles. The van der Waals surface area contributed by atoms with Crippen LogP contribution in [0.1, 0.15) is 81.1 Å². The van der Waals surface area contributed by atoms with Gasteiger partial charge in [0.15, 0.2) is 0 Å². The minimum absolute atomic E-state index is 0.263. The molecule has 2 aliphatic rings. The number of piperidine rings is 2. The van der Waals surface area contributed by atoms with Crippen LogP contribution < -0.4 is 0 Å². The van der Waals surface area contributed by atoms with E-state index in [1.54, 1.807) is 0 Å². The van der Waals surface area contributed by atoms with Gasteiger partial charge in [-0.1, -0.05) is 6.58 Å². The maximum Gasteiger partial charge on any atom is 0.508 e. The van der Waals surface area contributed by atoms with E-state index in [4.69, 9.17) is 14.3 Å². The smallest absolute Gasteiger partial charge is 0.431 e. The van der Waals surface area contributed by atoms with Crippen LogP contribution >= 0.6 is 0 Å². The highest BCUT2D eigenvalue weighted by atomic mass is 16.7. The van der Waals surface area contributed by atoms with E-state index in [-0.39, 0.29) is 23.3 Å². The van der Waals surface area contributed by atoms with E-state index in [0.717, 1.165) is 0 Å². The van der Waals surface area contributed by atoms with E-state index >= 15 is 0 Å². The van der Waals surface area contributed by atoms with Crippen LogP contribution in [0.4, 0.5) is 4.79 Å². The van der Waals surface area contributed by atoms with Gasteiger partial charge in [0.25, 0.3) is 0 Å². The third-order valence-electron chi connectivity index (χ3n) is 5.86. The Labute approximate surface area is 169 Å². The van der Waals surface area contributed by atoms with Gasteiger partial charge in [-0.05, 0) is 55.4 Å². The van der Waals surface area contributed by atoms with Crippen LogP contribution in [0.15, 0.2) is 12.8 Å². The zero-order valence-corrected chi connectivity index (χ0v) is 18.7. The molecule has 1 N–H and O–H groups in total. The molecule has 0 aromatic rings. The van der Waals surface area contributed by atoms with Gasteiger partial charge in [0.1, 0.15) is 18.5 Å². The van der Waals surface area contributed by atoms with Gasteiger partial charge in [-0.25, -0.2) is 4.79 Å². The molecule has 0 amide bonds. The first-order valence-electron chi connectivity index (χ1n) is 10.1. The van der Waals surface area contributed by atoms with Crippen molar-refractivity contribution in [2.75, 3.05) is 0 Å². The first-order chi connectivity index (χ1) is 12.6. The predicted octanol–water partition coefficient (Wildman–Crippen LogP) is 4.65. The second-order valence-corrected chi connectivity index (χ2v) is 10.7. The standard InChI is InChI=1S/C21H38N2O5/c1-10-26-23-20(6,7)13-16(14-21(23,8)9)28-17(24)27-15-11-18(2,3)22(25)19(4,5)12-15/h10,15-16,25H,1,11-14H2,2-9H3. The number of carbonyl (C=O) groups excluding carboxylic acids is 1. The quantitative estimate of drug-likeness (QED) is 0.546. The number of ether oxygens (including phenoxy) is 2. The van der Waals surface area contributed by atoms with E-state index in [9.17, 15) is 10.0 Å². The highest BCUT2D eigenvalue weighted by Crippen LogP contribution is 2.41. The van der Waals surface area contributed by atoms with Gasteiger partial charge in [0, 0.05) is 36.8 Å². The number of rotatable bonds is 4. The van der Waals surface area contributed by atoms with Crippen LogP contribution in [0.2, 0.25) is 0 Å². The maximum absolute atomic E-state index is 12.5. The summed E-state index contributed by atoms with van der Waals surface area (Å²) in [6.07, 6.45) is 2.58. The molecule has 0 bridgehead atoms. The molecule has 2 heterocycles. The fourth-order valence-corrected chi connectivity index (χ4v) is 5.18. The summed E-state index contributed by atoms with van der Waals surface area (Å²) in [6, 6.07) is 0. The van der Waals surface area contributed by atoms with Crippen molar-refractivity contribution in [2.24, 2.45) is 0 Å². The number of nitrogens with zero attached hydrogens (tertiary/aromatic N) is 2. The summed E-state index contributed by atoms with van der Waals surface area (Å²) in [4.78, 5) is 18.2. The number of hydrogen-bond donors (Lipinski definition) is 1. The second kappa shape index (κ2) is 7.50. The summed E-state index contributed by atoms with van der Waals surface area (Å²) in [7, 11) is 0. The molecule has 2 aliphatic heterocycles. The van der Waals surface area contributed by atoms with Crippen LogP contribution in [-0.2, 0) is 14.3 Å². The molecule has 0 saturated carbocycles. The molecule has 0 unspecified atom stereocenters. The van der Waals surface area contributed by atoms with Crippen LogP contribution in [0.5, 0.6) is 0 Å². The Morgan fingerprint density at radius 3 is 1.57 bits per heavy atom. The molecule has 2 rings (SSSR count). The SMILES string of the molecule is C=CON1C(C)(C)CC(OC(=O)OC2CC(C)(C)N(O)C(C)(C)C2)CC1(C)C. The van der Waals surface area contributed by atoms with Gasteiger partial charge < -0.3 is 19.5 Å². The highest BCUT2D eigenvalue weighted by Gasteiger charge is 2.49. The Morgan fingerprint density at radius 1 is 0.857 bits per heavy atom. The molecule has 28 heavy (non-hydrogen) atoms. The van der Waals surface area contributed by atoms with Gasteiger partial charge in [0.2, 0.25) is 0 Å².